The smallest absolute Gasteiger partial charge is 0.319 e. The minimum atomic E-state index is -0.461. The quantitative estimate of drug-likeness (QED) is 0.777. The number of rotatable bonds is 5. The van der Waals surface area contributed by atoms with Crippen molar-refractivity contribution in [3.8, 4) is 0 Å². The Morgan fingerprint density at radius 3 is 2.81 bits per heavy atom. The number of thiophene rings is 1. The summed E-state index contributed by atoms with van der Waals surface area (Å²) in [5, 5.41) is 6.17. The van der Waals surface area contributed by atoms with Gasteiger partial charge in [-0.05, 0) is 30.1 Å². The van der Waals surface area contributed by atoms with E-state index in [9.17, 15) is 9.59 Å². The second kappa shape index (κ2) is 7.17. The maximum atomic E-state index is 11.9. The van der Waals surface area contributed by atoms with E-state index in [1.165, 1.54) is 11.3 Å². The monoisotopic (exact) mass is 327 g/mol. The zero-order valence-electron chi connectivity index (χ0n) is 12.3. The van der Waals surface area contributed by atoms with Gasteiger partial charge in [0.1, 0.15) is 5.00 Å². The van der Waals surface area contributed by atoms with Gasteiger partial charge in [0.2, 0.25) is 0 Å². The van der Waals surface area contributed by atoms with Crippen molar-refractivity contribution in [3.05, 3.63) is 16.0 Å². The summed E-state index contributed by atoms with van der Waals surface area (Å²) < 4.78 is 0. The number of hydrogen-bond donors (Lipinski definition) is 3. The maximum Gasteiger partial charge on any atom is 0.319 e. The normalized spacial score (nSPS) is 13.9. The number of carbonyl (C=O) groups is 2. The molecule has 3 amide bonds. The van der Waals surface area contributed by atoms with E-state index in [2.05, 4.69) is 24.5 Å². The van der Waals surface area contributed by atoms with Crippen LogP contribution in [0.25, 0.3) is 0 Å². The summed E-state index contributed by atoms with van der Waals surface area (Å²) in [5.41, 5.74) is 7.00. The van der Waals surface area contributed by atoms with Crippen molar-refractivity contribution in [1.29, 1.82) is 0 Å². The minimum absolute atomic E-state index is 0.274. The summed E-state index contributed by atoms with van der Waals surface area (Å²) in [6, 6.07) is -0.274. The molecule has 5 nitrogen and oxygen atoms in total. The molecule has 0 radical (unpaired) electrons. The highest BCUT2D eigenvalue weighted by atomic mass is 32.2. The van der Waals surface area contributed by atoms with Gasteiger partial charge in [-0.1, -0.05) is 13.8 Å². The first-order valence-electron chi connectivity index (χ1n) is 7.06. The third-order valence-corrected chi connectivity index (χ3v) is 5.62. The first-order valence-corrected chi connectivity index (χ1v) is 9.03. The fourth-order valence-corrected chi connectivity index (χ4v) is 4.58. The Bertz CT molecular complexity index is 541. The summed E-state index contributed by atoms with van der Waals surface area (Å²) in [5.74, 6) is 1.95. The lowest BCUT2D eigenvalue weighted by molar-refractivity contribution is 0.100. The predicted molar refractivity (Wildman–Crippen MR) is 89.2 cm³/mol. The average molecular weight is 327 g/mol. The first kappa shape index (κ1) is 16.2. The summed E-state index contributed by atoms with van der Waals surface area (Å²) >= 11 is 3.30. The van der Waals surface area contributed by atoms with Gasteiger partial charge in [0, 0.05) is 17.2 Å². The summed E-state index contributed by atoms with van der Waals surface area (Å²) in [6.07, 6.45) is 1.76. The predicted octanol–water partition coefficient (Wildman–Crippen LogP) is 2.80. The molecule has 116 valence electrons. The molecule has 0 spiro atoms. The van der Waals surface area contributed by atoms with E-state index in [0.717, 1.165) is 34.8 Å². The highest BCUT2D eigenvalue weighted by molar-refractivity contribution is 7.98. The van der Waals surface area contributed by atoms with E-state index in [0.29, 0.717) is 23.0 Å². The molecular formula is C14H21N3O2S2. The molecule has 2 rings (SSSR count). The summed E-state index contributed by atoms with van der Waals surface area (Å²) in [4.78, 5) is 24.7. The van der Waals surface area contributed by atoms with Crippen LogP contribution in [0.5, 0.6) is 0 Å². The van der Waals surface area contributed by atoms with Crippen molar-refractivity contribution in [2.24, 2.45) is 11.7 Å². The lowest BCUT2D eigenvalue weighted by Gasteiger charge is -2.11. The minimum Gasteiger partial charge on any atom is -0.365 e. The van der Waals surface area contributed by atoms with Gasteiger partial charge in [0.25, 0.3) is 5.91 Å². The van der Waals surface area contributed by atoms with Crippen molar-refractivity contribution in [3.63, 3.8) is 0 Å². The lowest BCUT2D eigenvalue weighted by Crippen LogP contribution is -2.30. The van der Waals surface area contributed by atoms with Gasteiger partial charge in [-0.25, -0.2) is 4.79 Å². The van der Waals surface area contributed by atoms with Crippen molar-refractivity contribution < 1.29 is 9.59 Å². The fourth-order valence-electron chi connectivity index (χ4n) is 2.20. The number of carbonyl (C=O) groups excluding carboxylic acids is 2. The van der Waals surface area contributed by atoms with E-state index in [1.807, 2.05) is 11.8 Å². The molecule has 1 aromatic rings. The largest absolute Gasteiger partial charge is 0.365 e. The van der Waals surface area contributed by atoms with E-state index in [-0.39, 0.29) is 6.03 Å². The molecule has 4 N–H and O–H groups in total. The number of nitrogens with two attached hydrogens (primary N) is 1. The van der Waals surface area contributed by atoms with Crippen molar-refractivity contribution >= 4 is 40.0 Å². The van der Waals surface area contributed by atoms with Crippen LogP contribution in [0.1, 0.15) is 41.1 Å². The van der Waals surface area contributed by atoms with E-state index < -0.39 is 5.91 Å². The van der Waals surface area contributed by atoms with Crippen LogP contribution in [0.4, 0.5) is 9.80 Å². The fraction of sp³-hybridized carbons (Fsp3) is 0.571. The van der Waals surface area contributed by atoms with Crippen LogP contribution < -0.4 is 16.4 Å². The Labute approximate surface area is 133 Å². The van der Waals surface area contributed by atoms with Gasteiger partial charge >= 0.3 is 6.03 Å². The molecule has 1 aliphatic rings. The molecule has 7 heteroatoms. The van der Waals surface area contributed by atoms with Gasteiger partial charge in [-0.2, -0.15) is 11.8 Å². The molecule has 0 saturated heterocycles. The maximum absolute atomic E-state index is 11.9. The first-order chi connectivity index (χ1) is 9.99. The second-order valence-corrected chi connectivity index (χ2v) is 7.65. The second-order valence-electron chi connectivity index (χ2n) is 5.44. The van der Waals surface area contributed by atoms with Crippen LogP contribution in [0.2, 0.25) is 0 Å². The van der Waals surface area contributed by atoms with Crippen LogP contribution in [-0.4, -0.2) is 24.2 Å². The Balaban J connectivity index is 2.07. The molecule has 0 unspecified atom stereocenters. The topological polar surface area (TPSA) is 84.2 Å². The van der Waals surface area contributed by atoms with Gasteiger partial charge in [0.05, 0.1) is 5.56 Å². The van der Waals surface area contributed by atoms with Crippen LogP contribution in [-0.2, 0) is 12.2 Å². The van der Waals surface area contributed by atoms with E-state index in [4.69, 9.17) is 5.73 Å². The Hall–Kier alpha value is -1.21. The third kappa shape index (κ3) is 4.14. The van der Waals surface area contributed by atoms with Crippen LogP contribution in [0.15, 0.2) is 0 Å². The molecule has 0 atom stereocenters. The zero-order chi connectivity index (χ0) is 15.4. The molecular weight excluding hydrogens is 306 g/mol. The number of fused-ring (bicyclic) bond motifs is 1. The van der Waals surface area contributed by atoms with Crippen molar-refractivity contribution in [2.45, 2.75) is 32.4 Å². The summed E-state index contributed by atoms with van der Waals surface area (Å²) in [6.45, 7) is 4.84. The number of primary amides is 1. The number of urea groups is 1. The number of hydrogen-bond acceptors (Lipinski definition) is 4. The number of nitrogens with one attached hydrogen (secondary N) is 2. The Morgan fingerprint density at radius 2 is 2.14 bits per heavy atom. The average Bonchev–Trinajstić information content (AvgIpc) is 2.75. The number of thioether (sulfide) groups is 1. The number of amides is 3. The van der Waals surface area contributed by atoms with Gasteiger partial charge < -0.3 is 11.1 Å². The molecule has 1 aromatic heterocycles. The van der Waals surface area contributed by atoms with Gasteiger partial charge in [-0.15, -0.1) is 11.3 Å². The lowest BCUT2D eigenvalue weighted by atomic mass is 10.1. The van der Waals surface area contributed by atoms with Crippen LogP contribution in [0, 0.1) is 5.92 Å². The molecule has 0 aliphatic carbocycles. The highest BCUT2D eigenvalue weighted by Crippen LogP contribution is 2.39. The zero-order valence-corrected chi connectivity index (χ0v) is 14.0. The molecule has 0 aromatic carbocycles. The molecule has 0 saturated carbocycles. The summed E-state index contributed by atoms with van der Waals surface area (Å²) in [7, 11) is 0. The SMILES string of the molecule is CC(C)CCNC(=O)Nc1sc2c(c1C(N)=O)CCSC2. The molecule has 1 aliphatic heterocycles. The van der Waals surface area contributed by atoms with Crippen molar-refractivity contribution in [2.75, 3.05) is 17.6 Å². The molecule has 2 heterocycles. The molecule has 0 fully saturated rings. The van der Waals surface area contributed by atoms with E-state index in [1.54, 1.807) is 0 Å². The van der Waals surface area contributed by atoms with Crippen molar-refractivity contribution in [1.82, 2.24) is 5.32 Å². The van der Waals surface area contributed by atoms with Crippen LogP contribution in [0.3, 0.4) is 0 Å². The third-order valence-electron chi connectivity index (χ3n) is 3.30. The standard InChI is InChI=1S/C14H21N3O2S2/c1-8(2)3-5-16-14(19)17-13-11(12(15)18)9-4-6-20-7-10(9)21-13/h8H,3-7H2,1-2H3,(H2,15,18)(H2,16,17,19). The Morgan fingerprint density at radius 1 is 1.38 bits per heavy atom. The van der Waals surface area contributed by atoms with Gasteiger partial charge in [-0.3, -0.25) is 10.1 Å². The van der Waals surface area contributed by atoms with Gasteiger partial charge in [0.15, 0.2) is 0 Å². The molecule has 0 bridgehead atoms. The highest BCUT2D eigenvalue weighted by Gasteiger charge is 2.25. The molecule has 21 heavy (non-hydrogen) atoms. The Kier molecular flexibility index (Phi) is 5.52. The number of anilines is 1. The van der Waals surface area contributed by atoms with E-state index >= 15 is 0 Å². The van der Waals surface area contributed by atoms with Crippen LogP contribution >= 0.6 is 23.1 Å².